The number of hydrogen-bond donors (Lipinski definition) is 0. The van der Waals surface area contributed by atoms with Crippen LogP contribution in [-0.4, -0.2) is 29.8 Å². The minimum Gasteiger partial charge on any atom is -0.298 e. The maximum atomic E-state index is 10.9. The molecule has 0 aliphatic carbocycles. The molecule has 0 aromatic rings. The van der Waals surface area contributed by atoms with Gasteiger partial charge in [0.15, 0.2) is 0 Å². The molecule has 0 radical (unpaired) electrons. The predicted molar refractivity (Wildman–Crippen MR) is 42.9 cm³/mol. The zero-order valence-corrected chi connectivity index (χ0v) is 7.24. The quantitative estimate of drug-likeness (QED) is 0.562. The van der Waals surface area contributed by atoms with Gasteiger partial charge in [-0.3, -0.25) is 9.69 Å². The van der Waals surface area contributed by atoms with Crippen LogP contribution < -0.4 is 0 Å². The van der Waals surface area contributed by atoms with Crippen molar-refractivity contribution in [1.29, 1.82) is 10.5 Å². The van der Waals surface area contributed by atoms with Crippen LogP contribution in [0.25, 0.3) is 0 Å². The van der Waals surface area contributed by atoms with Gasteiger partial charge in [0, 0.05) is 0 Å². The van der Waals surface area contributed by atoms with Crippen molar-refractivity contribution < 1.29 is 4.79 Å². The summed E-state index contributed by atoms with van der Waals surface area (Å²) in [7, 11) is 0. The summed E-state index contributed by atoms with van der Waals surface area (Å²) in [5.74, 6) is -0.0273. The Morgan fingerprint density at radius 2 is 1.83 bits per heavy atom. The minimum absolute atomic E-state index is 0.0273. The van der Waals surface area contributed by atoms with Crippen molar-refractivity contribution in [2.75, 3.05) is 13.1 Å². The fourth-order valence-electron chi connectivity index (χ4n) is 0.769. The van der Waals surface area contributed by atoms with Crippen molar-refractivity contribution in [2.24, 2.45) is 0 Å². The molecule has 0 aromatic carbocycles. The standard InChI is InChI=1S/C8H11N3O/c1-7(8(2)12)11(5-3-9)6-4-10/h7H,5-6H2,1-2H3. The maximum absolute atomic E-state index is 10.9. The lowest BCUT2D eigenvalue weighted by Crippen LogP contribution is -2.38. The highest BCUT2D eigenvalue weighted by Gasteiger charge is 2.16. The first-order valence-corrected chi connectivity index (χ1v) is 3.62. The molecule has 0 saturated heterocycles. The lowest BCUT2D eigenvalue weighted by molar-refractivity contribution is -0.121. The highest BCUT2D eigenvalue weighted by Crippen LogP contribution is 1.98. The first kappa shape index (κ1) is 10.6. The van der Waals surface area contributed by atoms with Gasteiger partial charge in [-0.25, -0.2) is 0 Å². The van der Waals surface area contributed by atoms with Crippen LogP contribution >= 0.6 is 0 Å². The Morgan fingerprint density at radius 3 is 2.08 bits per heavy atom. The molecule has 0 rings (SSSR count). The van der Waals surface area contributed by atoms with Crippen LogP contribution in [0.5, 0.6) is 0 Å². The van der Waals surface area contributed by atoms with E-state index in [4.69, 9.17) is 10.5 Å². The smallest absolute Gasteiger partial charge is 0.146 e. The third-order valence-corrected chi connectivity index (χ3v) is 1.68. The number of rotatable bonds is 4. The first-order valence-electron chi connectivity index (χ1n) is 3.62. The van der Waals surface area contributed by atoms with Crippen LogP contribution in [0.4, 0.5) is 0 Å². The summed E-state index contributed by atoms with van der Waals surface area (Å²) in [5.41, 5.74) is 0. The van der Waals surface area contributed by atoms with Crippen LogP contribution in [0.3, 0.4) is 0 Å². The molecule has 64 valence electrons. The van der Waals surface area contributed by atoms with Gasteiger partial charge in [0.25, 0.3) is 0 Å². The van der Waals surface area contributed by atoms with E-state index in [0.717, 1.165) is 0 Å². The van der Waals surface area contributed by atoms with Crippen LogP contribution in [0.15, 0.2) is 0 Å². The van der Waals surface area contributed by atoms with Crippen LogP contribution in [-0.2, 0) is 4.79 Å². The molecule has 0 aromatic heterocycles. The largest absolute Gasteiger partial charge is 0.298 e. The number of Topliss-reactive ketones (excluding diaryl/α,β-unsaturated/α-hetero) is 1. The third kappa shape index (κ3) is 3.14. The van der Waals surface area contributed by atoms with E-state index in [1.165, 1.54) is 11.8 Å². The lowest BCUT2D eigenvalue weighted by atomic mass is 10.2. The van der Waals surface area contributed by atoms with Crippen molar-refractivity contribution in [2.45, 2.75) is 19.9 Å². The Balaban J connectivity index is 4.22. The first-order chi connectivity index (χ1) is 5.63. The Morgan fingerprint density at radius 1 is 1.42 bits per heavy atom. The van der Waals surface area contributed by atoms with Gasteiger partial charge in [-0.2, -0.15) is 10.5 Å². The van der Waals surface area contributed by atoms with Crippen molar-refractivity contribution in [3.05, 3.63) is 0 Å². The Kier molecular flexibility index (Phi) is 4.67. The molecule has 0 spiro atoms. The number of nitriles is 2. The summed E-state index contributed by atoms with van der Waals surface area (Å²) in [5, 5.41) is 16.8. The summed E-state index contributed by atoms with van der Waals surface area (Å²) >= 11 is 0. The molecule has 0 fully saturated rings. The molecule has 4 nitrogen and oxygen atoms in total. The van der Waals surface area contributed by atoms with Gasteiger partial charge in [0.2, 0.25) is 0 Å². The second kappa shape index (κ2) is 5.29. The van der Waals surface area contributed by atoms with E-state index in [0.29, 0.717) is 0 Å². The van der Waals surface area contributed by atoms with E-state index in [9.17, 15) is 4.79 Å². The lowest BCUT2D eigenvalue weighted by Gasteiger charge is -2.20. The summed E-state index contributed by atoms with van der Waals surface area (Å²) < 4.78 is 0. The molecule has 0 amide bonds. The van der Waals surface area contributed by atoms with Gasteiger partial charge in [-0.05, 0) is 13.8 Å². The van der Waals surface area contributed by atoms with Gasteiger partial charge in [0.05, 0.1) is 31.3 Å². The van der Waals surface area contributed by atoms with Gasteiger partial charge >= 0.3 is 0 Å². The SMILES string of the molecule is CC(=O)C(C)N(CC#N)CC#N. The van der Waals surface area contributed by atoms with Gasteiger partial charge in [0.1, 0.15) is 5.78 Å². The highest BCUT2D eigenvalue weighted by atomic mass is 16.1. The number of hydrogen-bond acceptors (Lipinski definition) is 4. The van der Waals surface area contributed by atoms with Crippen LogP contribution in [0.1, 0.15) is 13.8 Å². The Bertz CT molecular complexity index is 220. The van der Waals surface area contributed by atoms with E-state index in [-0.39, 0.29) is 24.9 Å². The number of carbonyl (C=O) groups excluding carboxylic acids is 1. The van der Waals surface area contributed by atoms with Crippen molar-refractivity contribution >= 4 is 5.78 Å². The number of ketones is 1. The molecule has 4 heteroatoms. The molecule has 0 heterocycles. The van der Waals surface area contributed by atoms with Crippen LogP contribution in [0, 0.1) is 22.7 Å². The normalized spacial score (nSPS) is 11.8. The molecule has 0 bridgehead atoms. The maximum Gasteiger partial charge on any atom is 0.146 e. The molecular weight excluding hydrogens is 154 g/mol. The molecule has 12 heavy (non-hydrogen) atoms. The van der Waals surface area contributed by atoms with Gasteiger partial charge in [-0.1, -0.05) is 0 Å². The summed E-state index contributed by atoms with van der Waals surface area (Å²) in [6, 6.07) is 3.48. The molecular formula is C8H11N3O. The van der Waals surface area contributed by atoms with E-state index in [2.05, 4.69) is 0 Å². The summed E-state index contributed by atoms with van der Waals surface area (Å²) in [6.45, 7) is 3.38. The van der Waals surface area contributed by atoms with Crippen molar-refractivity contribution in [3.8, 4) is 12.1 Å². The summed E-state index contributed by atoms with van der Waals surface area (Å²) in [6.07, 6.45) is 0. The predicted octanol–water partition coefficient (Wildman–Crippen LogP) is 0.313. The highest BCUT2D eigenvalue weighted by molar-refractivity contribution is 5.81. The average molecular weight is 165 g/mol. The molecule has 1 unspecified atom stereocenters. The minimum atomic E-state index is -0.343. The number of nitrogens with zero attached hydrogens (tertiary/aromatic N) is 3. The van der Waals surface area contributed by atoms with E-state index >= 15 is 0 Å². The molecule has 0 N–H and O–H groups in total. The molecule has 1 atom stereocenters. The van der Waals surface area contributed by atoms with Gasteiger partial charge in [-0.15, -0.1) is 0 Å². The average Bonchev–Trinajstić information content (AvgIpc) is 2.03. The summed E-state index contributed by atoms with van der Waals surface area (Å²) in [4.78, 5) is 12.4. The van der Waals surface area contributed by atoms with Crippen molar-refractivity contribution in [1.82, 2.24) is 4.90 Å². The third-order valence-electron chi connectivity index (χ3n) is 1.68. The van der Waals surface area contributed by atoms with E-state index in [1.54, 1.807) is 6.92 Å². The topological polar surface area (TPSA) is 67.9 Å². The van der Waals surface area contributed by atoms with E-state index in [1.807, 2.05) is 12.1 Å². The molecule has 0 saturated carbocycles. The Labute approximate surface area is 72.0 Å². The molecule has 0 aliphatic heterocycles. The van der Waals surface area contributed by atoms with Gasteiger partial charge < -0.3 is 0 Å². The zero-order valence-electron chi connectivity index (χ0n) is 7.24. The molecule has 0 aliphatic rings. The van der Waals surface area contributed by atoms with Crippen LogP contribution in [0.2, 0.25) is 0 Å². The monoisotopic (exact) mass is 165 g/mol. The van der Waals surface area contributed by atoms with E-state index < -0.39 is 0 Å². The van der Waals surface area contributed by atoms with Crippen molar-refractivity contribution in [3.63, 3.8) is 0 Å². The second-order valence-electron chi connectivity index (χ2n) is 2.51. The number of carbonyl (C=O) groups is 1. The fraction of sp³-hybridized carbons (Fsp3) is 0.625. The second-order valence-corrected chi connectivity index (χ2v) is 2.51. The Hall–Kier alpha value is -1.39. The fourth-order valence-corrected chi connectivity index (χ4v) is 0.769. The zero-order chi connectivity index (χ0) is 9.56.